The Morgan fingerprint density at radius 3 is 3.12 bits per heavy atom. The first kappa shape index (κ1) is 11.4. The molecule has 0 spiro atoms. The molecular weight excluding hydrogens is 296 g/mol. The van der Waals surface area contributed by atoms with E-state index in [1.807, 2.05) is 11.3 Å². The van der Waals surface area contributed by atoms with Crippen LogP contribution >= 0.6 is 27.3 Å². The van der Waals surface area contributed by atoms with Gasteiger partial charge in [0.2, 0.25) is 0 Å². The van der Waals surface area contributed by atoms with Gasteiger partial charge < -0.3 is 5.73 Å². The van der Waals surface area contributed by atoms with Gasteiger partial charge in [-0.15, -0.1) is 11.3 Å². The molecule has 1 aromatic carbocycles. The summed E-state index contributed by atoms with van der Waals surface area (Å²) in [7, 11) is 0. The normalized spacial score (nSPS) is 12.6. The molecule has 1 aliphatic carbocycles. The maximum atomic E-state index is 5.53. The van der Waals surface area contributed by atoms with E-state index in [4.69, 9.17) is 10.7 Å². The Kier molecular flexibility index (Phi) is 3.03. The van der Waals surface area contributed by atoms with Gasteiger partial charge in [0.1, 0.15) is 0 Å². The van der Waals surface area contributed by atoms with Crippen molar-refractivity contribution in [2.24, 2.45) is 5.73 Å². The SMILES string of the molecule is NCCCc1nc2c(s1)Cc1cc(Br)ccc1-2. The summed E-state index contributed by atoms with van der Waals surface area (Å²) < 4.78 is 1.15. The van der Waals surface area contributed by atoms with Crippen LogP contribution in [0.2, 0.25) is 0 Å². The van der Waals surface area contributed by atoms with E-state index < -0.39 is 0 Å². The number of nitrogens with two attached hydrogens (primary N) is 1. The molecule has 0 saturated heterocycles. The number of thiazole rings is 1. The summed E-state index contributed by atoms with van der Waals surface area (Å²) in [6.45, 7) is 0.744. The lowest BCUT2D eigenvalue weighted by Gasteiger charge is -2.00. The van der Waals surface area contributed by atoms with Gasteiger partial charge in [-0.1, -0.05) is 22.0 Å². The van der Waals surface area contributed by atoms with Crippen molar-refractivity contribution in [3.8, 4) is 11.3 Å². The van der Waals surface area contributed by atoms with Crippen molar-refractivity contribution in [2.75, 3.05) is 6.54 Å². The summed E-state index contributed by atoms with van der Waals surface area (Å²) in [6.07, 6.45) is 3.07. The average molecular weight is 309 g/mol. The number of aryl methyl sites for hydroxylation is 1. The van der Waals surface area contributed by atoms with Crippen LogP contribution < -0.4 is 5.73 Å². The highest BCUT2D eigenvalue weighted by Gasteiger charge is 2.22. The van der Waals surface area contributed by atoms with Crippen molar-refractivity contribution in [3.63, 3.8) is 0 Å². The highest BCUT2D eigenvalue weighted by molar-refractivity contribution is 9.10. The van der Waals surface area contributed by atoms with Crippen LogP contribution in [0.4, 0.5) is 0 Å². The second kappa shape index (κ2) is 4.52. The van der Waals surface area contributed by atoms with E-state index in [1.165, 1.54) is 26.7 Å². The number of fused-ring (bicyclic) bond motifs is 3. The Hall–Kier alpha value is -0.710. The van der Waals surface area contributed by atoms with E-state index in [2.05, 4.69) is 34.1 Å². The van der Waals surface area contributed by atoms with Crippen molar-refractivity contribution in [3.05, 3.63) is 38.1 Å². The molecule has 4 heteroatoms. The topological polar surface area (TPSA) is 38.9 Å². The predicted molar refractivity (Wildman–Crippen MR) is 75.4 cm³/mol. The molecule has 0 radical (unpaired) electrons. The van der Waals surface area contributed by atoms with Gasteiger partial charge in [0.05, 0.1) is 10.7 Å². The van der Waals surface area contributed by atoms with Crippen LogP contribution in [-0.2, 0) is 12.8 Å². The van der Waals surface area contributed by atoms with Crippen molar-refractivity contribution >= 4 is 27.3 Å². The summed E-state index contributed by atoms with van der Waals surface area (Å²) in [5.41, 5.74) is 9.42. The fourth-order valence-corrected chi connectivity index (χ4v) is 3.76. The Labute approximate surface area is 113 Å². The Morgan fingerprint density at radius 1 is 1.41 bits per heavy atom. The number of hydrogen-bond donors (Lipinski definition) is 1. The van der Waals surface area contributed by atoms with Crippen molar-refractivity contribution in [1.29, 1.82) is 0 Å². The molecule has 0 saturated carbocycles. The third kappa shape index (κ3) is 2.05. The van der Waals surface area contributed by atoms with Gasteiger partial charge in [-0.05, 0) is 30.7 Å². The highest BCUT2D eigenvalue weighted by Crippen LogP contribution is 2.40. The number of hydrogen-bond acceptors (Lipinski definition) is 3. The van der Waals surface area contributed by atoms with Crippen LogP contribution in [0, 0.1) is 0 Å². The molecule has 0 bridgehead atoms. The molecule has 2 aromatic rings. The van der Waals surface area contributed by atoms with E-state index in [1.54, 1.807) is 0 Å². The van der Waals surface area contributed by atoms with E-state index in [0.29, 0.717) is 0 Å². The molecule has 2 nitrogen and oxygen atoms in total. The lowest BCUT2D eigenvalue weighted by molar-refractivity contribution is 0.827. The zero-order chi connectivity index (χ0) is 11.8. The van der Waals surface area contributed by atoms with Crippen molar-refractivity contribution in [1.82, 2.24) is 4.98 Å². The maximum Gasteiger partial charge on any atom is 0.0936 e. The predicted octanol–water partition coefficient (Wildman–Crippen LogP) is 3.37. The number of benzene rings is 1. The molecule has 0 amide bonds. The molecule has 17 heavy (non-hydrogen) atoms. The maximum absolute atomic E-state index is 5.53. The van der Waals surface area contributed by atoms with E-state index in [-0.39, 0.29) is 0 Å². The van der Waals surface area contributed by atoms with Gasteiger partial charge in [-0.3, -0.25) is 0 Å². The van der Waals surface area contributed by atoms with Crippen LogP contribution in [0.15, 0.2) is 22.7 Å². The summed E-state index contributed by atoms with van der Waals surface area (Å²) in [5.74, 6) is 0. The zero-order valence-corrected chi connectivity index (χ0v) is 11.8. The lowest BCUT2D eigenvalue weighted by Crippen LogP contribution is -2.00. The van der Waals surface area contributed by atoms with E-state index >= 15 is 0 Å². The average Bonchev–Trinajstić information content (AvgIpc) is 2.82. The molecule has 0 atom stereocenters. The van der Waals surface area contributed by atoms with E-state index in [9.17, 15) is 0 Å². The monoisotopic (exact) mass is 308 g/mol. The Balaban J connectivity index is 1.95. The minimum atomic E-state index is 0.744. The van der Waals surface area contributed by atoms with E-state index in [0.717, 1.165) is 30.3 Å². The molecule has 88 valence electrons. The Morgan fingerprint density at radius 2 is 2.29 bits per heavy atom. The van der Waals surface area contributed by atoms with Gasteiger partial charge in [-0.2, -0.15) is 0 Å². The fourth-order valence-electron chi connectivity index (χ4n) is 2.20. The summed E-state index contributed by atoms with van der Waals surface area (Å²) in [4.78, 5) is 6.15. The van der Waals surface area contributed by atoms with Crippen LogP contribution in [-0.4, -0.2) is 11.5 Å². The van der Waals surface area contributed by atoms with Crippen molar-refractivity contribution < 1.29 is 0 Å². The molecule has 1 aliphatic rings. The summed E-state index contributed by atoms with van der Waals surface area (Å²) >= 11 is 5.36. The second-order valence-corrected chi connectivity index (χ2v) is 6.33. The third-order valence-corrected chi connectivity index (χ3v) is 4.62. The molecule has 0 fully saturated rings. The van der Waals surface area contributed by atoms with Gasteiger partial charge >= 0.3 is 0 Å². The first-order valence-corrected chi connectivity index (χ1v) is 7.36. The minimum Gasteiger partial charge on any atom is -0.330 e. The highest BCUT2D eigenvalue weighted by atomic mass is 79.9. The van der Waals surface area contributed by atoms with Gasteiger partial charge in [0.15, 0.2) is 0 Å². The largest absolute Gasteiger partial charge is 0.330 e. The van der Waals surface area contributed by atoms with Gasteiger partial charge in [-0.25, -0.2) is 4.98 Å². The minimum absolute atomic E-state index is 0.744. The van der Waals surface area contributed by atoms with Gasteiger partial charge in [0.25, 0.3) is 0 Å². The zero-order valence-electron chi connectivity index (χ0n) is 9.37. The second-order valence-electron chi connectivity index (χ2n) is 4.25. The molecule has 3 rings (SSSR count). The molecule has 0 aliphatic heterocycles. The standard InChI is InChI=1S/C13H13BrN2S/c14-9-3-4-10-8(6-9)7-11-13(10)16-12(17-11)2-1-5-15/h3-4,6H,1-2,5,7,15H2. The van der Waals surface area contributed by atoms with Crippen LogP contribution in [0.3, 0.4) is 0 Å². The first-order chi connectivity index (χ1) is 8.28. The molecule has 0 unspecified atom stereocenters. The smallest absolute Gasteiger partial charge is 0.0936 e. The number of nitrogens with zero attached hydrogens (tertiary/aromatic N) is 1. The molecular formula is C13H13BrN2S. The number of rotatable bonds is 3. The quantitative estimate of drug-likeness (QED) is 0.805. The first-order valence-electron chi connectivity index (χ1n) is 5.75. The number of aromatic nitrogens is 1. The number of halogens is 1. The molecule has 1 aromatic heterocycles. The van der Waals surface area contributed by atoms with Crippen molar-refractivity contribution in [2.45, 2.75) is 19.3 Å². The van der Waals surface area contributed by atoms with Gasteiger partial charge in [0, 0.05) is 27.8 Å². The van der Waals surface area contributed by atoms with Crippen LogP contribution in [0.25, 0.3) is 11.3 Å². The molecule has 1 heterocycles. The fraction of sp³-hybridized carbons (Fsp3) is 0.308. The Bertz CT molecular complexity index is 563. The van der Waals surface area contributed by atoms with Crippen LogP contribution in [0.1, 0.15) is 21.9 Å². The lowest BCUT2D eigenvalue weighted by atomic mass is 10.1. The summed E-state index contributed by atoms with van der Waals surface area (Å²) in [6, 6.07) is 6.45. The summed E-state index contributed by atoms with van der Waals surface area (Å²) in [5, 5.41) is 1.23. The van der Waals surface area contributed by atoms with Crippen LogP contribution in [0.5, 0.6) is 0 Å². The molecule has 2 N–H and O–H groups in total. The third-order valence-electron chi connectivity index (χ3n) is 3.01.